The van der Waals surface area contributed by atoms with Crippen LogP contribution in [0.2, 0.25) is 0 Å². The maximum absolute atomic E-state index is 12.0. The summed E-state index contributed by atoms with van der Waals surface area (Å²) < 4.78 is 41.6. The number of hydrogen-bond acceptors (Lipinski definition) is 2. The van der Waals surface area contributed by atoms with Gasteiger partial charge in [0.1, 0.15) is 0 Å². The van der Waals surface area contributed by atoms with Crippen molar-refractivity contribution in [2.45, 2.75) is 18.9 Å². The Hall–Kier alpha value is -1.07. The summed E-state index contributed by atoms with van der Waals surface area (Å²) in [6, 6.07) is 9.61. The Morgan fingerprint density at radius 3 is 2.41 bits per heavy atom. The largest absolute Gasteiger partial charge is 0.401 e. The number of halogens is 3. The van der Waals surface area contributed by atoms with E-state index in [2.05, 4.69) is 0 Å². The number of rotatable bonds is 4. The quantitative estimate of drug-likeness (QED) is 0.808. The molecule has 0 unspecified atom stereocenters. The lowest BCUT2D eigenvalue weighted by atomic mass is 10.1. The van der Waals surface area contributed by atoms with Crippen LogP contribution in [-0.2, 0) is 11.3 Å². The molecular formula is C12H14F3NO. The van der Waals surface area contributed by atoms with Crippen molar-refractivity contribution in [3.63, 3.8) is 0 Å². The molecule has 1 aromatic rings. The molecule has 0 atom stereocenters. The molecular weight excluding hydrogens is 231 g/mol. The van der Waals surface area contributed by atoms with Gasteiger partial charge in [-0.05, 0) is 5.56 Å². The Balaban J connectivity index is 1.65. The van der Waals surface area contributed by atoms with Crippen molar-refractivity contribution in [1.29, 1.82) is 0 Å². The van der Waals surface area contributed by atoms with E-state index in [0.29, 0.717) is 19.7 Å². The Bertz CT molecular complexity index is 347. The second-order valence-electron chi connectivity index (χ2n) is 4.23. The monoisotopic (exact) mass is 245 g/mol. The molecule has 0 N–H and O–H groups in total. The van der Waals surface area contributed by atoms with Crippen molar-refractivity contribution in [3.8, 4) is 0 Å². The first-order chi connectivity index (χ1) is 8.03. The van der Waals surface area contributed by atoms with Gasteiger partial charge in [-0.15, -0.1) is 0 Å². The molecule has 5 heteroatoms. The number of benzene rings is 1. The summed E-state index contributed by atoms with van der Waals surface area (Å²) in [5, 5.41) is 0. The highest BCUT2D eigenvalue weighted by atomic mass is 19.4. The Kier molecular flexibility index (Phi) is 3.69. The van der Waals surface area contributed by atoms with Crippen LogP contribution in [0.15, 0.2) is 30.3 Å². The van der Waals surface area contributed by atoms with Gasteiger partial charge in [0.25, 0.3) is 0 Å². The second kappa shape index (κ2) is 5.06. The number of likely N-dealkylation sites (tertiary alicyclic amines) is 1. The van der Waals surface area contributed by atoms with Crippen LogP contribution in [0, 0.1) is 0 Å². The third kappa shape index (κ3) is 4.02. The molecule has 2 rings (SSSR count). The lowest BCUT2D eigenvalue weighted by molar-refractivity contribution is -0.171. The van der Waals surface area contributed by atoms with Gasteiger partial charge in [-0.1, -0.05) is 30.3 Å². The fourth-order valence-corrected chi connectivity index (χ4v) is 1.80. The van der Waals surface area contributed by atoms with Crippen LogP contribution in [-0.4, -0.2) is 36.8 Å². The average Bonchev–Trinajstić information content (AvgIpc) is 2.21. The minimum absolute atomic E-state index is 0.0717. The minimum atomic E-state index is -4.11. The molecule has 0 aliphatic carbocycles. The van der Waals surface area contributed by atoms with Crippen LogP contribution in [0.5, 0.6) is 0 Å². The predicted molar refractivity (Wildman–Crippen MR) is 57.5 cm³/mol. The van der Waals surface area contributed by atoms with Gasteiger partial charge in [0, 0.05) is 13.1 Å². The topological polar surface area (TPSA) is 12.5 Å². The molecule has 1 saturated heterocycles. The van der Waals surface area contributed by atoms with Gasteiger partial charge >= 0.3 is 6.18 Å². The fraction of sp³-hybridized carbons (Fsp3) is 0.500. The molecule has 0 bridgehead atoms. The van der Waals surface area contributed by atoms with Crippen LogP contribution in [0.25, 0.3) is 0 Å². The summed E-state index contributed by atoms with van der Waals surface area (Å²) in [5.41, 5.74) is 1.04. The molecule has 1 aliphatic rings. The summed E-state index contributed by atoms with van der Waals surface area (Å²) in [4.78, 5) is 1.34. The maximum Gasteiger partial charge on any atom is 0.401 e. The average molecular weight is 245 g/mol. The molecule has 1 aliphatic heterocycles. The molecule has 1 heterocycles. The molecule has 1 fully saturated rings. The van der Waals surface area contributed by atoms with Gasteiger partial charge in [-0.3, -0.25) is 4.90 Å². The van der Waals surface area contributed by atoms with Crippen LogP contribution in [0.1, 0.15) is 5.56 Å². The van der Waals surface area contributed by atoms with Gasteiger partial charge in [-0.2, -0.15) is 13.2 Å². The molecule has 0 aromatic heterocycles. The van der Waals surface area contributed by atoms with Crippen LogP contribution in [0.3, 0.4) is 0 Å². The summed E-state index contributed by atoms with van der Waals surface area (Å²) in [5.74, 6) is 0. The van der Waals surface area contributed by atoms with Crippen molar-refractivity contribution >= 4 is 0 Å². The first kappa shape index (κ1) is 12.4. The minimum Gasteiger partial charge on any atom is -0.371 e. The van der Waals surface area contributed by atoms with E-state index in [9.17, 15) is 13.2 Å². The Morgan fingerprint density at radius 1 is 1.18 bits per heavy atom. The Labute approximate surface area is 98.0 Å². The lowest BCUT2D eigenvalue weighted by Crippen LogP contribution is -2.54. The van der Waals surface area contributed by atoms with E-state index >= 15 is 0 Å². The van der Waals surface area contributed by atoms with Gasteiger partial charge in [0.15, 0.2) is 0 Å². The SMILES string of the molecule is FC(F)(F)CN1CC(OCc2ccccc2)C1. The summed E-state index contributed by atoms with van der Waals surface area (Å²) in [6.45, 7) is 0.363. The Morgan fingerprint density at radius 2 is 1.82 bits per heavy atom. The molecule has 1 aromatic carbocycles. The van der Waals surface area contributed by atoms with E-state index in [1.165, 1.54) is 4.90 Å². The number of hydrogen-bond donors (Lipinski definition) is 0. The normalized spacial score (nSPS) is 18.1. The third-order valence-electron chi connectivity index (χ3n) is 2.66. The van der Waals surface area contributed by atoms with E-state index in [1.807, 2.05) is 30.3 Å². The highest BCUT2D eigenvalue weighted by molar-refractivity contribution is 5.13. The zero-order chi connectivity index (χ0) is 12.3. The van der Waals surface area contributed by atoms with Crippen LogP contribution in [0.4, 0.5) is 13.2 Å². The van der Waals surface area contributed by atoms with Gasteiger partial charge in [0.05, 0.1) is 19.3 Å². The highest BCUT2D eigenvalue weighted by Crippen LogP contribution is 2.21. The molecule has 0 spiro atoms. The van der Waals surface area contributed by atoms with Gasteiger partial charge < -0.3 is 4.74 Å². The van der Waals surface area contributed by atoms with E-state index in [-0.39, 0.29) is 6.10 Å². The number of nitrogens with zero attached hydrogens (tertiary/aromatic N) is 1. The fourth-order valence-electron chi connectivity index (χ4n) is 1.80. The van der Waals surface area contributed by atoms with E-state index in [4.69, 9.17) is 4.74 Å². The number of ether oxygens (including phenoxy) is 1. The van der Waals surface area contributed by atoms with Crippen molar-refractivity contribution < 1.29 is 17.9 Å². The zero-order valence-corrected chi connectivity index (χ0v) is 9.28. The van der Waals surface area contributed by atoms with Gasteiger partial charge in [0.2, 0.25) is 0 Å². The predicted octanol–water partition coefficient (Wildman–Crippen LogP) is 2.45. The summed E-state index contributed by atoms with van der Waals surface area (Å²) >= 11 is 0. The third-order valence-corrected chi connectivity index (χ3v) is 2.66. The van der Waals surface area contributed by atoms with Crippen molar-refractivity contribution in [1.82, 2.24) is 4.90 Å². The first-order valence-electron chi connectivity index (χ1n) is 5.47. The summed E-state index contributed by atoms with van der Waals surface area (Å²) in [7, 11) is 0. The standard InChI is InChI=1S/C12H14F3NO/c13-12(14,15)9-16-6-11(7-16)17-8-10-4-2-1-3-5-10/h1-5,11H,6-9H2. The maximum atomic E-state index is 12.0. The van der Waals surface area contributed by atoms with E-state index in [1.54, 1.807) is 0 Å². The lowest BCUT2D eigenvalue weighted by Gasteiger charge is -2.39. The molecule has 0 amide bonds. The smallest absolute Gasteiger partial charge is 0.371 e. The summed E-state index contributed by atoms with van der Waals surface area (Å²) in [6.07, 6.45) is -4.18. The molecule has 2 nitrogen and oxygen atoms in total. The van der Waals surface area contributed by atoms with Crippen LogP contribution < -0.4 is 0 Å². The first-order valence-corrected chi connectivity index (χ1v) is 5.47. The molecule has 0 radical (unpaired) electrons. The van der Waals surface area contributed by atoms with Crippen molar-refractivity contribution in [2.75, 3.05) is 19.6 Å². The van der Waals surface area contributed by atoms with Crippen molar-refractivity contribution in [3.05, 3.63) is 35.9 Å². The molecule has 94 valence electrons. The number of alkyl halides is 3. The molecule has 17 heavy (non-hydrogen) atoms. The van der Waals surface area contributed by atoms with Crippen LogP contribution >= 0.6 is 0 Å². The zero-order valence-electron chi connectivity index (χ0n) is 9.28. The van der Waals surface area contributed by atoms with Gasteiger partial charge in [-0.25, -0.2) is 0 Å². The van der Waals surface area contributed by atoms with E-state index in [0.717, 1.165) is 5.56 Å². The molecule has 0 saturated carbocycles. The highest BCUT2D eigenvalue weighted by Gasteiger charge is 2.37. The second-order valence-corrected chi connectivity index (χ2v) is 4.23. The van der Waals surface area contributed by atoms with Crippen molar-refractivity contribution in [2.24, 2.45) is 0 Å². The van der Waals surface area contributed by atoms with E-state index < -0.39 is 12.7 Å².